The van der Waals surface area contributed by atoms with Crippen molar-refractivity contribution in [3.63, 3.8) is 0 Å². The molecule has 8 nitrogen and oxygen atoms in total. The molecule has 60 heavy (non-hydrogen) atoms. The second-order valence-corrected chi connectivity index (χ2v) is 14.8. The summed E-state index contributed by atoms with van der Waals surface area (Å²) in [6, 6.07) is 35.9. The standard InChI is InChI=1S/C28H30O4.C24H30O4/c1-3-5-6-7-20-31-27(29)24-14-12-22(13-15-24)23-16-18-26(19-17-23)32-28(30)25-10-8-21(4-2)9-11-25;1-4-6-7-8-9-18(3)27-23(25)21-14-16-22(17-15-21)28-24(26)20-12-10-19(5-2)11-13-20/h8-19H,3-7,20H2,1-2H3;10-18H,4-9H2,1-3H3. The quantitative estimate of drug-likeness (QED) is 0.0434. The van der Waals surface area contributed by atoms with Crippen molar-refractivity contribution in [3.8, 4) is 22.6 Å². The van der Waals surface area contributed by atoms with Crippen molar-refractivity contribution in [1.82, 2.24) is 0 Å². The molecule has 0 saturated carbocycles. The lowest BCUT2D eigenvalue weighted by Gasteiger charge is -2.13. The van der Waals surface area contributed by atoms with Crippen molar-refractivity contribution >= 4 is 23.9 Å². The monoisotopic (exact) mass is 812 g/mol. The molecule has 316 valence electrons. The molecule has 0 aromatic heterocycles. The Hall–Kier alpha value is -6.02. The zero-order valence-corrected chi connectivity index (χ0v) is 35.9. The van der Waals surface area contributed by atoms with Crippen LogP contribution in [-0.4, -0.2) is 36.6 Å². The van der Waals surface area contributed by atoms with Gasteiger partial charge in [-0.1, -0.05) is 115 Å². The van der Waals surface area contributed by atoms with Gasteiger partial charge in [-0.05, 0) is 134 Å². The largest absolute Gasteiger partial charge is 0.462 e. The Bertz CT molecular complexity index is 2050. The van der Waals surface area contributed by atoms with Crippen LogP contribution >= 0.6 is 0 Å². The van der Waals surface area contributed by atoms with Crippen LogP contribution in [0.1, 0.15) is 145 Å². The molecule has 0 aliphatic rings. The second kappa shape index (κ2) is 25.5. The van der Waals surface area contributed by atoms with E-state index in [2.05, 4.69) is 27.7 Å². The molecular weight excluding hydrogens is 753 g/mol. The first kappa shape index (κ1) is 46.7. The van der Waals surface area contributed by atoms with Gasteiger partial charge in [0.25, 0.3) is 0 Å². The smallest absolute Gasteiger partial charge is 0.343 e. The normalized spacial score (nSPS) is 11.1. The van der Waals surface area contributed by atoms with Crippen LogP contribution < -0.4 is 9.47 Å². The fourth-order valence-electron chi connectivity index (χ4n) is 6.20. The topological polar surface area (TPSA) is 105 Å². The molecular formula is C52H60O8. The van der Waals surface area contributed by atoms with E-state index in [1.807, 2.05) is 55.5 Å². The van der Waals surface area contributed by atoms with Crippen molar-refractivity contribution < 1.29 is 38.1 Å². The first-order valence-electron chi connectivity index (χ1n) is 21.4. The van der Waals surface area contributed by atoms with Crippen molar-refractivity contribution in [2.45, 2.75) is 111 Å². The minimum Gasteiger partial charge on any atom is -0.462 e. The Morgan fingerprint density at radius 1 is 0.433 bits per heavy atom. The first-order valence-corrected chi connectivity index (χ1v) is 21.4. The number of aryl methyl sites for hydroxylation is 2. The maximum Gasteiger partial charge on any atom is 0.343 e. The zero-order chi connectivity index (χ0) is 43.1. The molecule has 0 aliphatic heterocycles. The van der Waals surface area contributed by atoms with Crippen LogP contribution in [0.25, 0.3) is 11.1 Å². The number of hydrogen-bond acceptors (Lipinski definition) is 8. The van der Waals surface area contributed by atoms with Gasteiger partial charge in [0.1, 0.15) is 11.5 Å². The Labute approximate surface area is 356 Å². The molecule has 1 atom stereocenters. The number of unbranched alkanes of at least 4 members (excludes halogenated alkanes) is 6. The minimum absolute atomic E-state index is 0.104. The lowest BCUT2D eigenvalue weighted by molar-refractivity contribution is 0.0318. The third-order valence-corrected chi connectivity index (χ3v) is 10.0. The number of ether oxygens (including phenoxy) is 4. The van der Waals surface area contributed by atoms with E-state index in [-0.39, 0.29) is 24.0 Å². The Balaban J connectivity index is 0.000000267. The number of hydrogen-bond donors (Lipinski definition) is 0. The number of carbonyl (C=O) groups is 4. The van der Waals surface area contributed by atoms with Crippen LogP contribution in [0.3, 0.4) is 0 Å². The molecule has 1 unspecified atom stereocenters. The number of carbonyl (C=O) groups excluding carboxylic acids is 4. The molecule has 0 heterocycles. The predicted octanol–water partition coefficient (Wildman–Crippen LogP) is 12.9. The third kappa shape index (κ3) is 15.6. The molecule has 0 spiro atoms. The maximum absolute atomic E-state index is 12.3. The second-order valence-electron chi connectivity index (χ2n) is 14.8. The van der Waals surface area contributed by atoms with Crippen LogP contribution in [-0.2, 0) is 22.3 Å². The van der Waals surface area contributed by atoms with Crippen molar-refractivity contribution in [3.05, 3.63) is 155 Å². The molecule has 5 rings (SSSR count). The highest BCUT2D eigenvalue weighted by molar-refractivity contribution is 5.93. The van der Waals surface area contributed by atoms with Gasteiger partial charge in [-0.15, -0.1) is 0 Å². The fraction of sp³-hybridized carbons (Fsp3) is 0.346. The number of rotatable bonds is 20. The average Bonchev–Trinajstić information content (AvgIpc) is 3.28. The third-order valence-electron chi connectivity index (χ3n) is 10.0. The summed E-state index contributed by atoms with van der Waals surface area (Å²) >= 11 is 0. The van der Waals surface area contributed by atoms with E-state index in [4.69, 9.17) is 18.9 Å². The highest BCUT2D eigenvalue weighted by Crippen LogP contribution is 2.24. The van der Waals surface area contributed by atoms with E-state index < -0.39 is 5.97 Å². The van der Waals surface area contributed by atoms with E-state index >= 15 is 0 Å². The van der Waals surface area contributed by atoms with Crippen molar-refractivity contribution in [2.24, 2.45) is 0 Å². The van der Waals surface area contributed by atoms with Gasteiger partial charge in [0, 0.05) is 0 Å². The Morgan fingerprint density at radius 3 is 1.28 bits per heavy atom. The van der Waals surface area contributed by atoms with Gasteiger partial charge in [0.05, 0.1) is 35.0 Å². The molecule has 0 aliphatic carbocycles. The summed E-state index contributed by atoms with van der Waals surface area (Å²) in [4.78, 5) is 48.9. The van der Waals surface area contributed by atoms with Gasteiger partial charge >= 0.3 is 23.9 Å². The number of benzene rings is 5. The van der Waals surface area contributed by atoms with Gasteiger partial charge in [-0.2, -0.15) is 0 Å². The summed E-state index contributed by atoms with van der Waals surface area (Å²) in [6.07, 6.45) is 11.6. The molecule has 5 aromatic carbocycles. The summed E-state index contributed by atoms with van der Waals surface area (Å²) in [5, 5.41) is 0. The summed E-state index contributed by atoms with van der Waals surface area (Å²) < 4.78 is 21.7. The molecule has 0 bridgehead atoms. The van der Waals surface area contributed by atoms with E-state index in [0.29, 0.717) is 40.4 Å². The maximum atomic E-state index is 12.3. The van der Waals surface area contributed by atoms with Crippen LogP contribution in [0.2, 0.25) is 0 Å². The molecule has 8 heteroatoms. The molecule has 5 aromatic rings. The lowest BCUT2D eigenvalue weighted by atomic mass is 10.0. The predicted molar refractivity (Wildman–Crippen MR) is 238 cm³/mol. The van der Waals surface area contributed by atoms with Crippen LogP contribution in [0.5, 0.6) is 11.5 Å². The zero-order valence-electron chi connectivity index (χ0n) is 35.9. The summed E-state index contributed by atoms with van der Waals surface area (Å²) in [6.45, 7) is 10.8. The summed E-state index contributed by atoms with van der Waals surface area (Å²) in [5.41, 5.74) is 6.30. The summed E-state index contributed by atoms with van der Waals surface area (Å²) in [7, 11) is 0. The first-order chi connectivity index (χ1) is 29.1. The van der Waals surface area contributed by atoms with Gasteiger partial charge in [0.15, 0.2) is 0 Å². The molecule has 0 saturated heterocycles. The minimum atomic E-state index is -0.418. The van der Waals surface area contributed by atoms with E-state index in [0.717, 1.165) is 62.5 Å². The van der Waals surface area contributed by atoms with E-state index in [1.165, 1.54) is 30.4 Å². The molecule has 0 radical (unpaired) electrons. The molecule has 0 amide bonds. The highest BCUT2D eigenvalue weighted by Gasteiger charge is 2.14. The van der Waals surface area contributed by atoms with Crippen molar-refractivity contribution in [2.75, 3.05) is 6.61 Å². The van der Waals surface area contributed by atoms with Crippen LogP contribution in [0, 0.1) is 0 Å². The molecule has 0 N–H and O–H groups in total. The Kier molecular flexibility index (Phi) is 19.8. The van der Waals surface area contributed by atoms with Gasteiger partial charge in [-0.3, -0.25) is 0 Å². The van der Waals surface area contributed by atoms with Crippen LogP contribution in [0.15, 0.2) is 121 Å². The van der Waals surface area contributed by atoms with Crippen LogP contribution in [0.4, 0.5) is 0 Å². The van der Waals surface area contributed by atoms with Crippen molar-refractivity contribution in [1.29, 1.82) is 0 Å². The van der Waals surface area contributed by atoms with E-state index in [9.17, 15) is 19.2 Å². The lowest BCUT2D eigenvalue weighted by Crippen LogP contribution is -2.15. The van der Waals surface area contributed by atoms with Gasteiger partial charge < -0.3 is 18.9 Å². The van der Waals surface area contributed by atoms with Gasteiger partial charge in [-0.25, -0.2) is 19.2 Å². The Morgan fingerprint density at radius 2 is 0.817 bits per heavy atom. The number of esters is 4. The average molecular weight is 813 g/mol. The molecule has 0 fully saturated rings. The SMILES string of the molecule is CCCCCCC(C)OC(=O)c1ccc(OC(=O)c2ccc(CC)cc2)cc1.CCCCCCOC(=O)c1ccc(-c2ccc(OC(=O)c3ccc(CC)cc3)cc2)cc1. The highest BCUT2D eigenvalue weighted by atomic mass is 16.5. The van der Waals surface area contributed by atoms with Gasteiger partial charge in [0.2, 0.25) is 0 Å². The summed E-state index contributed by atoms with van der Waals surface area (Å²) in [5.74, 6) is -0.551. The van der Waals surface area contributed by atoms with E-state index in [1.54, 1.807) is 72.8 Å². The fourth-order valence-corrected chi connectivity index (χ4v) is 6.20.